The molecule has 18 heavy (non-hydrogen) atoms. The topological polar surface area (TPSA) is 61.3 Å². The van der Waals surface area contributed by atoms with Gasteiger partial charge in [0.25, 0.3) is 0 Å². The highest BCUT2D eigenvalue weighted by molar-refractivity contribution is 5.48. The summed E-state index contributed by atoms with van der Waals surface area (Å²) in [5.74, 6) is 1.50. The normalized spacial score (nSPS) is 17.8. The van der Waals surface area contributed by atoms with E-state index < -0.39 is 5.60 Å². The van der Waals surface area contributed by atoms with Gasteiger partial charge in [-0.05, 0) is 19.8 Å². The Labute approximate surface area is 108 Å². The van der Waals surface area contributed by atoms with Crippen LogP contribution in [0.3, 0.4) is 0 Å². The van der Waals surface area contributed by atoms with Gasteiger partial charge in [0.1, 0.15) is 5.82 Å². The summed E-state index contributed by atoms with van der Waals surface area (Å²) >= 11 is 0. The van der Waals surface area contributed by atoms with E-state index in [-0.39, 0.29) is 0 Å². The molecule has 0 spiro atoms. The van der Waals surface area contributed by atoms with Crippen LogP contribution in [0.25, 0.3) is 0 Å². The molecule has 0 amide bonds. The van der Waals surface area contributed by atoms with E-state index >= 15 is 0 Å². The fourth-order valence-electron chi connectivity index (χ4n) is 2.65. The Morgan fingerprint density at radius 1 is 1.44 bits per heavy atom. The van der Waals surface area contributed by atoms with Crippen molar-refractivity contribution in [2.75, 3.05) is 30.9 Å². The minimum Gasteiger partial charge on any atom is -0.388 e. The molecule has 1 heterocycles. The SMILES string of the molecule is CNc1ncc(C)c(N(C)CC2(O)CCCC2)n1. The molecule has 0 aromatic carbocycles. The molecule has 0 unspecified atom stereocenters. The molecular weight excluding hydrogens is 228 g/mol. The van der Waals surface area contributed by atoms with Crippen molar-refractivity contribution in [3.63, 3.8) is 0 Å². The predicted molar refractivity (Wildman–Crippen MR) is 73.0 cm³/mol. The molecule has 5 heteroatoms. The molecule has 1 fully saturated rings. The Kier molecular flexibility index (Phi) is 3.71. The zero-order valence-corrected chi connectivity index (χ0v) is 11.4. The number of likely N-dealkylation sites (N-methyl/N-ethyl adjacent to an activating group) is 1. The number of rotatable bonds is 4. The lowest BCUT2D eigenvalue weighted by atomic mass is 10.0. The van der Waals surface area contributed by atoms with Crippen molar-refractivity contribution in [3.05, 3.63) is 11.8 Å². The van der Waals surface area contributed by atoms with Gasteiger partial charge in [0.05, 0.1) is 5.60 Å². The Hall–Kier alpha value is -1.36. The van der Waals surface area contributed by atoms with Gasteiger partial charge in [0, 0.05) is 32.4 Å². The zero-order valence-electron chi connectivity index (χ0n) is 11.4. The molecule has 1 saturated carbocycles. The van der Waals surface area contributed by atoms with Crippen molar-refractivity contribution in [2.45, 2.75) is 38.2 Å². The number of aromatic nitrogens is 2. The van der Waals surface area contributed by atoms with Gasteiger partial charge < -0.3 is 15.3 Å². The lowest BCUT2D eigenvalue weighted by Gasteiger charge is -2.30. The van der Waals surface area contributed by atoms with Crippen LogP contribution in [0.5, 0.6) is 0 Å². The zero-order chi connectivity index (χ0) is 13.2. The first-order valence-electron chi connectivity index (χ1n) is 6.49. The predicted octanol–water partition coefficient (Wildman–Crippen LogP) is 1.57. The van der Waals surface area contributed by atoms with Crippen molar-refractivity contribution in [1.82, 2.24) is 9.97 Å². The van der Waals surface area contributed by atoms with Gasteiger partial charge >= 0.3 is 0 Å². The number of hydrogen-bond acceptors (Lipinski definition) is 5. The van der Waals surface area contributed by atoms with Crippen molar-refractivity contribution >= 4 is 11.8 Å². The molecule has 0 radical (unpaired) electrons. The molecular formula is C13H22N4O. The standard InChI is InChI=1S/C13H22N4O/c1-10-8-15-12(14-2)16-11(10)17(3)9-13(18)6-4-5-7-13/h8,18H,4-7,9H2,1-3H3,(H,14,15,16). The van der Waals surface area contributed by atoms with E-state index in [2.05, 4.69) is 15.3 Å². The van der Waals surface area contributed by atoms with E-state index in [1.807, 2.05) is 25.1 Å². The van der Waals surface area contributed by atoms with Crippen LogP contribution in [0.2, 0.25) is 0 Å². The third kappa shape index (κ3) is 2.72. The molecule has 100 valence electrons. The molecule has 1 aliphatic carbocycles. The van der Waals surface area contributed by atoms with Gasteiger partial charge in [-0.3, -0.25) is 0 Å². The molecule has 5 nitrogen and oxygen atoms in total. The monoisotopic (exact) mass is 250 g/mol. The van der Waals surface area contributed by atoms with Crippen LogP contribution >= 0.6 is 0 Å². The number of hydrogen-bond donors (Lipinski definition) is 2. The Balaban J connectivity index is 2.14. The molecule has 0 atom stereocenters. The summed E-state index contributed by atoms with van der Waals surface area (Å²) in [6.45, 7) is 2.62. The van der Waals surface area contributed by atoms with Gasteiger partial charge in [-0.15, -0.1) is 0 Å². The first-order chi connectivity index (χ1) is 8.54. The van der Waals surface area contributed by atoms with Crippen LogP contribution in [-0.4, -0.2) is 41.3 Å². The maximum absolute atomic E-state index is 10.4. The molecule has 2 rings (SSSR count). The van der Waals surface area contributed by atoms with Gasteiger partial charge in [0.2, 0.25) is 5.95 Å². The van der Waals surface area contributed by atoms with Crippen LogP contribution in [0.15, 0.2) is 6.20 Å². The molecule has 0 saturated heterocycles. The average molecular weight is 250 g/mol. The summed E-state index contributed by atoms with van der Waals surface area (Å²) in [7, 11) is 3.78. The van der Waals surface area contributed by atoms with E-state index in [0.717, 1.165) is 37.1 Å². The van der Waals surface area contributed by atoms with Crippen LogP contribution in [0.4, 0.5) is 11.8 Å². The van der Waals surface area contributed by atoms with Crippen molar-refractivity contribution in [2.24, 2.45) is 0 Å². The Bertz CT molecular complexity index is 415. The number of anilines is 2. The Morgan fingerprint density at radius 3 is 2.72 bits per heavy atom. The second kappa shape index (κ2) is 5.10. The molecule has 0 aliphatic heterocycles. The quantitative estimate of drug-likeness (QED) is 0.849. The summed E-state index contributed by atoms with van der Waals surface area (Å²) in [4.78, 5) is 10.7. The number of aliphatic hydroxyl groups is 1. The van der Waals surface area contributed by atoms with Crippen molar-refractivity contribution in [3.8, 4) is 0 Å². The van der Waals surface area contributed by atoms with Gasteiger partial charge in [-0.1, -0.05) is 12.8 Å². The first-order valence-corrected chi connectivity index (χ1v) is 6.49. The molecule has 1 aromatic heterocycles. The summed E-state index contributed by atoms with van der Waals surface area (Å²) in [5.41, 5.74) is 0.476. The summed E-state index contributed by atoms with van der Waals surface area (Å²) in [6.07, 6.45) is 5.83. The molecule has 0 bridgehead atoms. The van der Waals surface area contributed by atoms with E-state index in [1.165, 1.54) is 0 Å². The first kappa shape index (κ1) is 13.1. The van der Waals surface area contributed by atoms with Gasteiger partial charge in [0.15, 0.2) is 0 Å². The largest absolute Gasteiger partial charge is 0.388 e. The second-order valence-corrected chi connectivity index (χ2v) is 5.24. The van der Waals surface area contributed by atoms with E-state index in [0.29, 0.717) is 12.5 Å². The van der Waals surface area contributed by atoms with E-state index in [9.17, 15) is 5.11 Å². The average Bonchev–Trinajstić information content (AvgIpc) is 2.76. The maximum Gasteiger partial charge on any atom is 0.224 e. The fraction of sp³-hybridized carbons (Fsp3) is 0.692. The summed E-state index contributed by atoms with van der Waals surface area (Å²) in [6, 6.07) is 0. The van der Waals surface area contributed by atoms with Crippen molar-refractivity contribution in [1.29, 1.82) is 0 Å². The van der Waals surface area contributed by atoms with Gasteiger partial charge in [-0.2, -0.15) is 4.98 Å². The van der Waals surface area contributed by atoms with Crippen LogP contribution in [0, 0.1) is 6.92 Å². The second-order valence-electron chi connectivity index (χ2n) is 5.24. The summed E-state index contributed by atoms with van der Waals surface area (Å²) < 4.78 is 0. The minimum atomic E-state index is -0.550. The van der Waals surface area contributed by atoms with Crippen LogP contribution in [-0.2, 0) is 0 Å². The third-order valence-corrected chi connectivity index (χ3v) is 3.60. The van der Waals surface area contributed by atoms with E-state index in [4.69, 9.17) is 0 Å². The highest BCUT2D eigenvalue weighted by atomic mass is 16.3. The molecule has 1 aromatic rings. The van der Waals surface area contributed by atoms with Crippen LogP contribution in [0.1, 0.15) is 31.2 Å². The minimum absolute atomic E-state index is 0.550. The van der Waals surface area contributed by atoms with Gasteiger partial charge in [-0.25, -0.2) is 4.98 Å². The highest BCUT2D eigenvalue weighted by Gasteiger charge is 2.32. The number of nitrogens with one attached hydrogen (secondary N) is 1. The van der Waals surface area contributed by atoms with E-state index in [1.54, 1.807) is 7.05 Å². The van der Waals surface area contributed by atoms with Crippen molar-refractivity contribution < 1.29 is 5.11 Å². The molecule has 2 N–H and O–H groups in total. The van der Waals surface area contributed by atoms with Crippen LogP contribution < -0.4 is 10.2 Å². The maximum atomic E-state index is 10.4. The Morgan fingerprint density at radius 2 is 2.11 bits per heavy atom. The lowest BCUT2D eigenvalue weighted by molar-refractivity contribution is 0.0558. The number of aryl methyl sites for hydroxylation is 1. The highest BCUT2D eigenvalue weighted by Crippen LogP contribution is 2.31. The third-order valence-electron chi connectivity index (χ3n) is 3.60. The fourth-order valence-corrected chi connectivity index (χ4v) is 2.65. The summed E-state index contributed by atoms with van der Waals surface area (Å²) in [5, 5.41) is 13.4. The number of nitrogens with zero attached hydrogens (tertiary/aromatic N) is 3. The molecule has 1 aliphatic rings. The lowest BCUT2D eigenvalue weighted by Crippen LogP contribution is -2.39. The smallest absolute Gasteiger partial charge is 0.224 e.